The molecule has 1 aliphatic rings. The molecule has 0 bridgehead atoms. The van der Waals surface area contributed by atoms with Crippen LogP contribution in [-0.4, -0.2) is 54.2 Å². The van der Waals surface area contributed by atoms with Gasteiger partial charge in [-0.1, -0.05) is 0 Å². The lowest BCUT2D eigenvalue weighted by Crippen LogP contribution is -2.41. The van der Waals surface area contributed by atoms with Gasteiger partial charge < -0.3 is 25.8 Å². The monoisotopic (exact) mass is 414 g/mol. The lowest BCUT2D eigenvalue weighted by atomic mass is 10.3. The minimum absolute atomic E-state index is 0.153. The molecule has 1 unspecified atom stereocenters. The number of hydrogen-bond donors (Lipinski definition) is 3. The van der Waals surface area contributed by atoms with Crippen LogP contribution in [-0.2, 0) is 0 Å². The van der Waals surface area contributed by atoms with Gasteiger partial charge >= 0.3 is 12.1 Å². The molecule has 0 saturated carbocycles. The fourth-order valence-corrected chi connectivity index (χ4v) is 3.35. The van der Waals surface area contributed by atoms with Crippen molar-refractivity contribution in [1.82, 2.24) is 15.2 Å². The van der Waals surface area contributed by atoms with Crippen molar-refractivity contribution in [3.63, 3.8) is 0 Å². The molecule has 2 heterocycles. The molecule has 4 amide bonds. The summed E-state index contributed by atoms with van der Waals surface area (Å²) in [6, 6.07) is 8.49. The van der Waals surface area contributed by atoms with Crippen molar-refractivity contribution in [2.24, 2.45) is 0 Å². The van der Waals surface area contributed by atoms with E-state index in [0.717, 1.165) is 18.9 Å². The van der Waals surface area contributed by atoms with Crippen molar-refractivity contribution >= 4 is 29.3 Å². The van der Waals surface area contributed by atoms with Crippen molar-refractivity contribution in [3.8, 4) is 0 Å². The molecule has 0 spiro atoms. The van der Waals surface area contributed by atoms with Gasteiger partial charge in [0.2, 0.25) is 0 Å². The molecule has 1 aliphatic heterocycles. The minimum atomic E-state index is -0.384. The summed E-state index contributed by atoms with van der Waals surface area (Å²) in [5.41, 5.74) is 1.13. The fourth-order valence-electron chi connectivity index (χ4n) is 3.35. The van der Waals surface area contributed by atoms with E-state index in [2.05, 4.69) is 39.7 Å². The molecule has 1 atom stereocenters. The third-order valence-corrected chi connectivity index (χ3v) is 5.00. The Balaban J connectivity index is 1.47. The number of nitrogens with zero attached hydrogens (tertiary/aromatic N) is 3. The molecular formula is C21H27FN6O2. The summed E-state index contributed by atoms with van der Waals surface area (Å²) in [5.74, 6) is 0.506. The van der Waals surface area contributed by atoms with E-state index in [-0.39, 0.29) is 23.9 Å². The number of pyridine rings is 1. The van der Waals surface area contributed by atoms with Gasteiger partial charge in [0, 0.05) is 37.9 Å². The lowest BCUT2D eigenvalue weighted by molar-refractivity contribution is 0.220. The summed E-state index contributed by atoms with van der Waals surface area (Å²) in [6.45, 7) is 6.82. The number of urea groups is 2. The average molecular weight is 414 g/mol. The molecule has 3 rings (SSSR count). The molecule has 8 nitrogen and oxygen atoms in total. The van der Waals surface area contributed by atoms with Gasteiger partial charge in [-0.05, 0) is 56.7 Å². The molecule has 0 radical (unpaired) electrons. The molecule has 9 heteroatoms. The molecule has 160 valence electrons. The predicted molar refractivity (Wildman–Crippen MR) is 115 cm³/mol. The maximum Gasteiger partial charge on any atom is 0.321 e. The van der Waals surface area contributed by atoms with E-state index in [4.69, 9.17) is 0 Å². The standard InChI is InChI=1S/C21H27FN6O2/c1-3-27(4-2)19-10-9-17(13-23-19)26-21(30)28-12-11-18(14-28)25-20(29)24-16-7-5-15(22)6-8-16/h5-10,13,18H,3-4,11-12,14H2,1-2H3,(H,26,30)(H2,24,25,29). The van der Waals surface area contributed by atoms with Gasteiger partial charge in [-0.3, -0.25) is 0 Å². The first-order chi connectivity index (χ1) is 14.5. The average Bonchev–Trinajstić information content (AvgIpc) is 3.20. The zero-order chi connectivity index (χ0) is 21.5. The molecule has 1 aromatic carbocycles. The molecule has 30 heavy (non-hydrogen) atoms. The number of nitrogens with one attached hydrogen (secondary N) is 3. The Morgan fingerprint density at radius 2 is 1.80 bits per heavy atom. The van der Waals surface area contributed by atoms with E-state index in [1.54, 1.807) is 11.1 Å². The van der Waals surface area contributed by atoms with Crippen molar-refractivity contribution in [3.05, 3.63) is 48.4 Å². The van der Waals surface area contributed by atoms with Crippen LogP contribution in [0.1, 0.15) is 20.3 Å². The Bertz CT molecular complexity index is 855. The summed E-state index contributed by atoms with van der Waals surface area (Å²) in [6.07, 6.45) is 2.30. The highest BCUT2D eigenvalue weighted by Gasteiger charge is 2.27. The Hall–Kier alpha value is -3.36. The van der Waals surface area contributed by atoms with Crippen LogP contribution in [0.25, 0.3) is 0 Å². The molecule has 1 fully saturated rings. The van der Waals surface area contributed by atoms with Crippen molar-refractivity contribution in [2.45, 2.75) is 26.3 Å². The van der Waals surface area contributed by atoms with Gasteiger partial charge in [0.15, 0.2) is 0 Å². The molecule has 3 N–H and O–H groups in total. The van der Waals surface area contributed by atoms with Crippen molar-refractivity contribution in [2.75, 3.05) is 41.7 Å². The zero-order valence-corrected chi connectivity index (χ0v) is 17.2. The van der Waals surface area contributed by atoms with Gasteiger partial charge in [-0.25, -0.2) is 19.0 Å². The molecule has 1 aromatic heterocycles. The van der Waals surface area contributed by atoms with E-state index in [1.165, 1.54) is 24.3 Å². The highest BCUT2D eigenvalue weighted by Crippen LogP contribution is 2.16. The van der Waals surface area contributed by atoms with Gasteiger partial charge in [0.1, 0.15) is 11.6 Å². The number of hydrogen-bond acceptors (Lipinski definition) is 4. The molecule has 2 aromatic rings. The Morgan fingerprint density at radius 3 is 2.43 bits per heavy atom. The number of aromatic nitrogens is 1. The number of carbonyl (C=O) groups excluding carboxylic acids is 2. The lowest BCUT2D eigenvalue weighted by Gasteiger charge is -2.20. The summed E-state index contributed by atoms with van der Waals surface area (Å²) >= 11 is 0. The number of carbonyl (C=O) groups is 2. The number of likely N-dealkylation sites (tertiary alicyclic amines) is 1. The highest BCUT2D eigenvalue weighted by molar-refractivity contribution is 5.90. The Morgan fingerprint density at radius 1 is 1.10 bits per heavy atom. The summed E-state index contributed by atoms with van der Waals surface area (Å²) < 4.78 is 12.9. The number of amides is 4. The van der Waals surface area contributed by atoms with Crippen LogP contribution in [0.2, 0.25) is 0 Å². The van der Waals surface area contributed by atoms with Crippen molar-refractivity contribution < 1.29 is 14.0 Å². The van der Waals surface area contributed by atoms with Gasteiger partial charge in [0.05, 0.1) is 11.9 Å². The van der Waals surface area contributed by atoms with Crippen LogP contribution < -0.4 is 20.9 Å². The zero-order valence-electron chi connectivity index (χ0n) is 17.2. The number of halogens is 1. The normalized spacial score (nSPS) is 15.6. The van der Waals surface area contributed by atoms with Crippen LogP contribution in [0, 0.1) is 5.82 Å². The van der Waals surface area contributed by atoms with E-state index in [0.29, 0.717) is 30.9 Å². The largest absolute Gasteiger partial charge is 0.357 e. The molecular weight excluding hydrogens is 387 g/mol. The van der Waals surface area contributed by atoms with E-state index >= 15 is 0 Å². The number of rotatable bonds is 6. The van der Waals surface area contributed by atoms with Crippen LogP contribution in [0.15, 0.2) is 42.6 Å². The van der Waals surface area contributed by atoms with Gasteiger partial charge in [-0.15, -0.1) is 0 Å². The van der Waals surface area contributed by atoms with Gasteiger partial charge in [-0.2, -0.15) is 0 Å². The van der Waals surface area contributed by atoms with E-state index < -0.39 is 0 Å². The molecule has 0 aliphatic carbocycles. The highest BCUT2D eigenvalue weighted by atomic mass is 19.1. The second-order valence-corrected chi connectivity index (χ2v) is 7.04. The van der Waals surface area contributed by atoms with E-state index in [1.807, 2.05) is 12.1 Å². The third kappa shape index (κ3) is 5.59. The smallest absolute Gasteiger partial charge is 0.321 e. The van der Waals surface area contributed by atoms with E-state index in [9.17, 15) is 14.0 Å². The van der Waals surface area contributed by atoms with Crippen LogP contribution in [0.3, 0.4) is 0 Å². The SMILES string of the molecule is CCN(CC)c1ccc(NC(=O)N2CCC(NC(=O)Nc3ccc(F)cc3)C2)cn1. The maximum atomic E-state index is 12.9. The summed E-state index contributed by atoms with van der Waals surface area (Å²) in [4.78, 5) is 32.8. The van der Waals surface area contributed by atoms with Crippen molar-refractivity contribution in [1.29, 1.82) is 0 Å². The second-order valence-electron chi connectivity index (χ2n) is 7.04. The summed E-state index contributed by atoms with van der Waals surface area (Å²) in [5, 5.41) is 8.34. The first-order valence-electron chi connectivity index (χ1n) is 10.1. The number of anilines is 3. The fraction of sp³-hybridized carbons (Fsp3) is 0.381. The predicted octanol–water partition coefficient (Wildman–Crippen LogP) is 3.49. The Kier molecular flexibility index (Phi) is 7.05. The van der Waals surface area contributed by atoms with Crippen LogP contribution in [0.5, 0.6) is 0 Å². The third-order valence-electron chi connectivity index (χ3n) is 5.00. The quantitative estimate of drug-likeness (QED) is 0.675. The maximum absolute atomic E-state index is 12.9. The van der Waals surface area contributed by atoms with Gasteiger partial charge in [0.25, 0.3) is 0 Å². The topological polar surface area (TPSA) is 89.6 Å². The summed E-state index contributed by atoms with van der Waals surface area (Å²) in [7, 11) is 0. The Labute approximate surface area is 175 Å². The first kappa shape index (κ1) is 21.4. The molecule has 1 saturated heterocycles. The minimum Gasteiger partial charge on any atom is -0.357 e. The second kappa shape index (κ2) is 9.91. The number of benzene rings is 1. The first-order valence-corrected chi connectivity index (χ1v) is 10.1. The van der Waals surface area contributed by atoms with Crippen LogP contribution in [0.4, 0.5) is 31.2 Å². The van der Waals surface area contributed by atoms with Crippen LogP contribution >= 0.6 is 0 Å².